The van der Waals surface area contributed by atoms with E-state index in [1.165, 1.54) is 12.5 Å². The van der Waals surface area contributed by atoms with Crippen LogP contribution in [0.2, 0.25) is 5.02 Å². The number of hydrogen-bond acceptors (Lipinski definition) is 3. The predicted molar refractivity (Wildman–Crippen MR) is 146 cm³/mol. The molecule has 4 aromatic rings. The van der Waals surface area contributed by atoms with Crippen molar-refractivity contribution in [2.24, 2.45) is 0 Å². The van der Waals surface area contributed by atoms with E-state index in [1.807, 2.05) is 79.7 Å². The fourth-order valence-corrected chi connectivity index (χ4v) is 4.35. The molecule has 0 unspecified atom stereocenters. The number of carbonyl (C=O) groups is 1. The number of nitrogens with zero attached hydrogens (tertiary/aromatic N) is 1. The standard InChI is InChI=1S/C31H28ClNO2/c1-21(2)29-10-5-4-8-24(29)14-18-31(35-22(3)34)26-9-6-7-23(19-26)11-16-28-17-13-25-12-15-27(32)20-30(25)33-28/h4-13,15-17,19-20,31H,1,14,18H2,2-3H3/t31-/m0/s1. The second kappa shape index (κ2) is 11.2. The minimum Gasteiger partial charge on any atom is -0.458 e. The predicted octanol–water partition coefficient (Wildman–Crippen LogP) is 8.33. The molecule has 0 aliphatic rings. The van der Waals surface area contributed by atoms with Crippen LogP contribution in [0.25, 0.3) is 28.6 Å². The minimum absolute atomic E-state index is 0.289. The zero-order chi connectivity index (χ0) is 24.8. The number of benzene rings is 3. The Morgan fingerprint density at radius 2 is 1.80 bits per heavy atom. The molecule has 0 amide bonds. The molecule has 0 bridgehead atoms. The summed E-state index contributed by atoms with van der Waals surface area (Å²) in [4.78, 5) is 16.6. The van der Waals surface area contributed by atoms with Crippen molar-refractivity contribution in [2.75, 3.05) is 0 Å². The van der Waals surface area contributed by atoms with Crippen molar-refractivity contribution in [1.29, 1.82) is 0 Å². The molecule has 4 rings (SSSR count). The number of aryl methyl sites for hydroxylation is 1. The van der Waals surface area contributed by atoms with Gasteiger partial charge in [0.15, 0.2) is 0 Å². The largest absolute Gasteiger partial charge is 0.458 e. The summed E-state index contributed by atoms with van der Waals surface area (Å²) in [5, 5.41) is 1.72. The van der Waals surface area contributed by atoms with Crippen LogP contribution in [0.4, 0.5) is 0 Å². The van der Waals surface area contributed by atoms with Gasteiger partial charge in [-0.05, 0) is 72.4 Å². The summed E-state index contributed by atoms with van der Waals surface area (Å²) in [6.07, 6.45) is 5.13. The molecule has 3 nitrogen and oxygen atoms in total. The van der Waals surface area contributed by atoms with Crippen molar-refractivity contribution in [3.05, 3.63) is 118 Å². The van der Waals surface area contributed by atoms with Gasteiger partial charge in [-0.3, -0.25) is 4.79 Å². The lowest BCUT2D eigenvalue weighted by atomic mass is 9.95. The van der Waals surface area contributed by atoms with E-state index in [1.54, 1.807) is 0 Å². The van der Waals surface area contributed by atoms with Gasteiger partial charge in [-0.2, -0.15) is 0 Å². The molecule has 0 aliphatic carbocycles. The molecule has 1 aromatic heterocycles. The van der Waals surface area contributed by atoms with Crippen LogP contribution in [-0.4, -0.2) is 11.0 Å². The molecule has 4 heteroatoms. The maximum atomic E-state index is 11.9. The van der Waals surface area contributed by atoms with E-state index < -0.39 is 0 Å². The summed E-state index contributed by atoms with van der Waals surface area (Å²) >= 11 is 6.12. The molecular weight excluding hydrogens is 454 g/mol. The zero-order valence-corrected chi connectivity index (χ0v) is 20.8. The molecule has 0 radical (unpaired) electrons. The number of esters is 1. The number of carbonyl (C=O) groups excluding carboxylic acids is 1. The maximum absolute atomic E-state index is 11.9. The van der Waals surface area contributed by atoms with Gasteiger partial charge in [-0.1, -0.05) is 84.4 Å². The zero-order valence-electron chi connectivity index (χ0n) is 20.0. The molecule has 176 valence electrons. The number of rotatable bonds is 8. The molecule has 0 aliphatic heterocycles. The van der Waals surface area contributed by atoms with E-state index in [2.05, 4.69) is 29.8 Å². The van der Waals surface area contributed by atoms with E-state index in [4.69, 9.17) is 16.3 Å². The number of aromatic nitrogens is 1. The molecule has 0 fully saturated rings. The summed E-state index contributed by atoms with van der Waals surface area (Å²) < 4.78 is 5.73. The van der Waals surface area contributed by atoms with Crippen LogP contribution in [0.5, 0.6) is 0 Å². The molecule has 0 N–H and O–H groups in total. The first-order valence-electron chi connectivity index (χ1n) is 11.6. The Balaban J connectivity index is 1.54. The third-order valence-corrected chi connectivity index (χ3v) is 6.10. The highest BCUT2D eigenvalue weighted by Crippen LogP contribution is 2.27. The summed E-state index contributed by atoms with van der Waals surface area (Å²) in [7, 11) is 0. The second-order valence-electron chi connectivity index (χ2n) is 8.65. The fourth-order valence-electron chi connectivity index (χ4n) is 4.18. The summed E-state index contributed by atoms with van der Waals surface area (Å²) in [6, 6.07) is 26.0. The molecule has 3 aromatic carbocycles. The molecule has 0 spiro atoms. The third-order valence-electron chi connectivity index (χ3n) is 5.87. The van der Waals surface area contributed by atoms with Gasteiger partial charge in [0.25, 0.3) is 0 Å². The second-order valence-corrected chi connectivity index (χ2v) is 9.09. The topological polar surface area (TPSA) is 39.2 Å². The van der Waals surface area contributed by atoms with E-state index in [9.17, 15) is 4.79 Å². The van der Waals surface area contributed by atoms with Crippen molar-refractivity contribution in [1.82, 2.24) is 4.98 Å². The smallest absolute Gasteiger partial charge is 0.303 e. The number of hydrogen-bond donors (Lipinski definition) is 0. The summed E-state index contributed by atoms with van der Waals surface area (Å²) in [5.41, 5.74) is 7.06. The van der Waals surface area contributed by atoms with Crippen LogP contribution < -0.4 is 0 Å². The van der Waals surface area contributed by atoms with Crippen LogP contribution >= 0.6 is 11.6 Å². The van der Waals surface area contributed by atoms with Crippen LogP contribution in [-0.2, 0) is 16.0 Å². The van der Waals surface area contributed by atoms with Gasteiger partial charge in [-0.25, -0.2) is 4.98 Å². The molecule has 35 heavy (non-hydrogen) atoms. The molecule has 1 heterocycles. The first kappa shape index (κ1) is 24.4. The highest BCUT2D eigenvalue weighted by atomic mass is 35.5. The van der Waals surface area contributed by atoms with E-state index in [0.717, 1.165) is 45.3 Å². The Morgan fingerprint density at radius 3 is 2.60 bits per heavy atom. The average Bonchev–Trinajstić information content (AvgIpc) is 2.85. The first-order chi connectivity index (χ1) is 16.9. The number of halogens is 1. The van der Waals surface area contributed by atoms with Gasteiger partial charge in [-0.15, -0.1) is 0 Å². The number of ether oxygens (including phenoxy) is 1. The van der Waals surface area contributed by atoms with Crippen molar-refractivity contribution in [3.63, 3.8) is 0 Å². The Kier molecular flexibility index (Phi) is 7.79. The lowest BCUT2D eigenvalue weighted by molar-refractivity contribution is -0.147. The lowest BCUT2D eigenvalue weighted by Gasteiger charge is -2.19. The van der Waals surface area contributed by atoms with Gasteiger partial charge < -0.3 is 4.74 Å². The number of pyridine rings is 1. The van der Waals surface area contributed by atoms with E-state index in [0.29, 0.717) is 11.4 Å². The van der Waals surface area contributed by atoms with Gasteiger partial charge in [0.05, 0.1) is 11.2 Å². The van der Waals surface area contributed by atoms with Gasteiger partial charge >= 0.3 is 5.97 Å². The van der Waals surface area contributed by atoms with Crippen molar-refractivity contribution >= 4 is 46.2 Å². The highest BCUT2D eigenvalue weighted by Gasteiger charge is 2.16. The van der Waals surface area contributed by atoms with Crippen LogP contribution in [0.1, 0.15) is 54.3 Å². The molecule has 1 atom stereocenters. The Hall–Kier alpha value is -3.69. The SMILES string of the molecule is C=C(C)c1ccccc1CC[C@H](OC(C)=O)c1cccc(C=Cc2ccc3ccc(Cl)cc3n2)c1. The molecular formula is C31H28ClNO2. The lowest BCUT2D eigenvalue weighted by Crippen LogP contribution is -2.10. The Morgan fingerprint density at radius 1 is 1.00 bits per heavy atom. The van der Waals surface area contributed by atoms with Crippen molar-refractivity contribution in [3.8, 4) is 0 Å². The number of fused-ring (bicyclic) bond motifs is 1. The van der Waals surface area contributed by atoms with E-state index >= 15 is 0 Å². The van der Waals surface area contributed by atoms with Crippen LogP contribution in [0, 0.1) is 0 Å². The number of allylic oxidation sites excluding steroid dienone is 1. The quantitative estimate of drug-likeness (QED) is 0.237. The van der Waals surface area contributed by atoms with Crippen LogP contribution in [0.3, 0.4) is 0 Å². The Labute approximate surface area is 211 Å². The van der Waals surface area contributed by atoms with E-state index in [-0.39, 0.29) is 12.1 Å². The van der Waals surface area contributed by atoms with Crippen molar-refractivity contribution < 1.29 is 9.53 Å². The van der Waals surface area contributed by atoms with Crippen LogP contribution in [0.15, 0.2) is 85.4 Å². The third kappa shape index (κ3) is 6.46. The summed E-state index contributed by atoms with van der Waals surface area (Å²) in [6.45, 7) is 7.56. The first-order valence-corrected chi connectivity index (χ1v) is 12.0. The molecule has 0 saturated heterocycles. The normalized spacial score (nSPS) is 12.1. The average molecular weight is 482 g/mol. The summed E-state index contributed by atoms with van der Waals surface area (Å²) in [5.74, 6) is -0.289. The van der Waals surface area contributed by atoms with Gasteiger partial charge in [0, 0.05) is 17.3 Å². The highest BCUT2D eigenvalue weighted by molar-refractivity contribution is 6.31. The Bertz CT molecular complexity index is 1410. The van der Waals surface area contributed by atoms with Gasteiger partial charge in [0.2, 0.25) is 0 Å². The van der Waals surface area contributed by atoms with Gasteiger partial charge in [0.1, 0.15) is 6.10 Å². The molecule has 0 saturated carbocycles. The monoisotopic (exact) mass is 481 g/mol. The minimum atomic E-state index is -0.333. The fraction of sp³-hybridized carbons (Fsp3) is 0.161. The van der Waals surface area contributed by atoms with Crippen molar-refractivity contribution in [2.45, 2.75) is 32.8 Å². The maximum Gasteiger partial charge on any atom is 0.303 e.